The molecule has 5 heterocycles. The van der Waals surface area contributed by atoms with Gasteiger partial charge >= 0.3 is 0 Å². The van der Waals surface area contributed by atoms with E-state index in [0.29, 0.717) is 0 Å². The third-order valence-corrected chi connectivity index (χ3v) is 14.0. The first-order chi connectivity index (χ1) is 29.4. The van der Waals surface area contributed by atoms with Gasteiger partial charge in [0, 0.05) is 54.8 Å². The average Bonchev–Trinajstić information content (AvgIpc) is 3.93. The van der Waals surface area contributed by atoms with Gasteiger partial charge in [0.05, 0.1) is 33.1 Å². The molecule has 2 aliphatic heterocycles. The summed E-state index contributed by atoms with van der Waals surface area (Å²) in [5.41, 5.74) is 19.3. The molecule has 2 aliphatic rings. The number of para-hydroxylation sites is 3. The second-order valence-electron chi connectivity index (χ2n) is 18.1. The molecule has 0 atom stereocenters. The average molecular weight is 764 g/mol. The summed E-state index contributed by atoms with van der Waals surface area (Å²) in [5.74, 6) is 0. The number of benzene rings is 9. The van der Waals surface area contributed by atoms with Crippen molar-refractivity contribution in [2.75, 3.05) is 0 Å². The number of hydrogen-bond donors (Lipinski definition) is 0. The van der Waals surface area contributed by atoms with Crippen LogP contribution in [0.4, 0.5) is 0 Å². The Labute approximate surface area is 347 Å². The van der Waals surface area contributed by atoms with Crippen LogP contribution in [0, 0.1) is 0 Å². The summed E-state index contributed by atoms with van der Waals surface area (Å²) in [6.07, 6.45) is 0. The highest BCUT2D eigenvalue weighted by Gasteiger charge is 2.41. The van der Waals surface area contributed by atoms with Crippen LogP contribution < -0.4 is 16.4 Å². The highest BCUT2D eigenvalue weighted by molar-refractivity contribution is 7.00. The van der Waals surface area contributed by atoms with Gasteiger partial charge in [-0.05, 0) is 86.3 Å². The fraction of sp³-hybridized carbons (Fsp3) is 0.0714. The Balaban J connectivity index is 1.14. The van der Waals surface area contributed by atoms with Crippen molar-refractivity contribution in [3.8, 4) is 28.2 Å². The smallest absolute Gasteiger partial charge is 0.252 e. The van der Waals surface area contributed by atoms with Crippen LogP contribution in [0.5, 0.6) is 0 Å². The van der Waals surface area contributed by atoms with Crippen LogP contribution >= 0.6 is 0 Å². The summed E-state index contributed by atoms with van der Waals surface area (Å²) in [5, 5.41) is 10.3. The van der Waals surface area contributed by atoms with Crippen LogP contribution in [-0.4, -0.2) is 20.4 Å². The molecular weight excluding hydrogens is 725 g/mol. The van der Waals surface area contributed by atoms with E-state index in [9.17, 15) is 0 Å². The molecule has 0 unspecified atom stereocenters. The second kappa shape index (κ2) is 11.2. The van der Waals surface area contributed by atoms with E-state index >= 15 is 0 Å². The normalized spacial score (nSPS) is 13.2. The standard InChI is InChI=1S/C56H38BN3/c1-56(2,3)36-24-20-33(21-25-36)35-23-28-45-50(30-35)60-53-38-13-5-4-12-34(38)22-27-42(53)44-32-43-41-16-8-11-19-49(41)59-51-31-37(26-29-46(51)57(45)52(54(43)59)55(44)60)58-47-17-9-6-14-39(47)40-15-7-10-18-48(40)58/h4-32H,1-3H3. The molecule has 3 nitrogen and oxygen atoms in total. The lowest BCUT2D eigenvalue weighted by atomic mass is 9.34. The zero-order valence-corrected chi connectivity index (χ0v) is 33.7. The van der Waals surface area contributed by atoms with Gasteiger partial charge in [-0.3, -0.25) is 0 Å². The van der Waals surface area contributed by atoms with E-state index in [1.54, 1.807) is 0 Å². The van der Waals surface area contributed by atoms with Gasteiger partial charge in [-0.25, -0.2) is 0 Å². The maximum atomic E-state index is 2.64. The van der Waals surface area contributed by atoms with Crippen molar-refractivity contribution >= 4 is 99.3 Å². The lowest BCUT2D eigenvalue weighted by Crippen LogP contribution is -2.59. The molecule has 0 fully saturated rings. The van der Waals surface area contributed by atoms with Gasteiger partial charge in [0.1, 0.15) is 0 Å². The molecule has 12 aromatic rings. The van der Waals surface area contributed by atoms with Crippen LogP contribution in [0.3, 0.4) is 0 Å². The molecule has 0 saturated carbocycles. The Morgan fingerprint density at radius 3 is 1.63 bits per heavy atom. The number of fused-ring (bicyclic) bond motifs is 17. The highest BCUT2D eigenvalue weighted by atomic mass is 15.0. The molecule has 280 valence electrons. The van der Waals surface area contributed by atoms with Gasteiger partial charge in [-0.2, -0.15) is 0 Å². The van der Waals surface area contributed by atoms with Gasteiger partial charge in [0.25, 0.3) is 6.71 Å². The van der Waals surface area contributed by atoms with Crippen LogP contribution in [0.2, 0.25) is 0 Å². The topological polar surface area (TPSA) is 14.8 Å². The lowest BCUT2D eigenvalue weighted by molar-refractivity contribution is 0.590. The highest BCUT2D eigenvalue weighted by Crippen LogP contribution is 2.44. The van der Waals surface area contributed by atoms with Gasteiger partial charge in [0.15, 0.2) is 0 Å². The van der Waals surface area contributed by atoms with E-state index in [1.165, 1.54) is 126 Å². The zero-order chi connectivity index (χ0) is 39.6. The van der Waals surface area contributed by atoms with E-state index in [4.69, 9.17) is 0 Å². The molecule has 3 aromatic heterocycles. The predicted octanol–water partition coefficient (Wildman–Crippen LogP) is 12.2. The van der Waals surface area contributed by atoms with Gasteiger partial charge in [-0.1, -0.05) is 154 Å². The molecule has 9 aromatic carbocycles. The van der Waals surface area contributed by atoms with Gasteiger partial charge < -0.3 is 13.7 Å². The van der Waals surface area contributed by atoms with Crippen molar-refractivity contribution in [1.82, 2.24) is 13.7 Å². The fourth-order valence-electron chi connectivity index (χ4n) is 11.3. The van der Waals surface area contributed by atoms with E-state index in [2.05, 4.69) is 210 Å². The summed E-state index contributed by atoms with van der Waals surface area (Å²) in [6.45, 7) is 6.91. The summed E-state index contributed by atoms with van der Waals surface area (Å²) in [6, 6.07) is 66.6. The maximum Gasteiger partial charge on any atom is 0.252 e. The number of hydrogen-bond acceptors (Lipinski definition) is 0. The monoisotopic (exact) mass is 763 g/mol. The fourth-order valence-corrected chi connectivity index (χ4v) is 11.3. The molecule has 0 spiro atoms. The quantitative estimate of drug-likeness (QED) is 0.156. The summed E-state index contributed by atoms with van der Waals surface area (Å²) >= 11 is 0. The number of rotatable bonds is 2. The molecule has 0 radical (unpaired) electrons. The minimum atomic E-state index is 0.0469. The molecule has 0 aliphatic carbocycles. The lowest BCUT2D eigenvalue weighted by Gasteiger charge is -2.33. The van der Waals surface area contributed by atoms with Crippen molar-refractivity contribution in [3.05, 3.63) is 181 Å². The Morgan fingerprint density at radius 2 is 0.933 bits per heavy atom. The Bertz CT molecular complexity index is 3810. The Hall–Kier alpha value is -7.30. The molecule has 4 heteroatoms. The van der Waals surface area contributed by atoms with Crippen molar-refractivity contribution in [2.24, 2.45) is 0 Å². The third kappa shape index (κ3) is 4.06. The maximum absolute atomic E-state index is 2.64. The van der Waals surface area contributed by atoms with Crippen LogP contribution in [0.1, 0.15) is 26.3 Å². The molecule has 0 bridgehead atoms. The molecule has 60 heavy (non-hydrogen) atoms. The summed E-state index contributed by atoms with van der Waals surface area (Å²) in [4.78, 5) is 0. The molecule has 0 N–H and O–H groups in total. The summed E-state index contributed by atoms with van der Waals surface area (Å²) in [7, 11) is 0. The van der Waals surface area contributed by atoms with Gasteiger partial charge in [0.2, 0.25) is 0 Å². The van der Waals surface area contributed by atoms with E-state index in [-0.39, 0.29) is 12.1 Å². The minimum Gasteiger partial charge on any atom is -0.310 e. The van der Waals surface area contributed by atoms with E-state index < -0.39 is 0 Å². The molecular formula is C56H38BN3. The van der Waals surface area contributed by atoms with Gasteiger partial charge in [-0.15, -0.1) is 0 Å². The minimum absolute atomic E-state index is 0.0469. The molecule has 14 rings (SSSR count). The first-order valence-corrected chi connectivity index (χ1v) is 21.2. The van der Waals surface area contributed by atoms with Crippen molar-refractivity contribution in [2.45, 2.75) is 26.2 Å². The van der Waals surface area contributed by atoms with E-state index in [0.717, 1.165) is 0 Å². The van der Waals surface area contributed by atoms with Crippen molar-refractivity contribution in [1.29, 1.82) is 0 Å². The zero-order valence-electron chi connectivity index (χ0n) is 33.7. The SMILES string of the molecule is CC(C)(C)c1ccc(-c2ccc3c(c2)-n2c4c5c6c(cc4c4ccc7ccccc7c42)c2ccccc2n6-c2cc(-n4c6ccccc6c6ccccc64)ccc2B35)cc1. The van der Waals surface area contributed by atoms with Crippen molar-refractivity contribution in [3.63, 3.8) is 0 Å². The first kappa shape index (κ1) is 32.6. The largest absolute Gasteiger partial charge is 0.310 e. The molecule has 0 amide bonds. The molecule has 0 saturated heterocycles. The number of nitrogens with zero attached hydrogens (tertiary/aromatic N) is 3. The van der Waals surface area contributed by atoms with Crippen molar-refractivity contribution < 1.29 is 0 Å². The van der Waals surface area contributed by atoms with E-state index in [1.807, 2.05) is 0 Å². The predicted molar refractivity (Wildman–Crippen MR) is 256 cm³/mol. The summed E-state index contributed by atoms with van der Waals surface area (Å²) < 4.78 is 7.69. The Kier molecular flexibility index (Phi) is 6.12. The first-order valence-electron chi connectivity index (χ1n) is 21.2. The third-order valence-electron chi connectivity index (χ3n) is 14.0. The Morgan fingerprint density at radius 1 is 0.383 bits per heavy atom. The number of aromatic nitrogens is 3. The second-order valence-corrected chi connectivity index (χ2v) is 18.1. The van der Waals surface area contributed by atoms with Crippen LogP contribution in [0.15, 0.2) is 176 Å². The van der Waals surface area contributed by atoms with Crippen LogP contribution in [0.25, 0.3) is 104 Å². The van der Waals surface area contributed by atoms with Crippen LogP contribution in [-0.2, 0) is 5.41 Å².